The van der Waals surface area contributed by atoms with Crippen LogP contribution in [0.15, 0.2) is 42.6 Å². The zero-order valence-corrected chi connectivity index (χ0v) is 20.5. The molecule has 2 aromatic carbocycles. The first-order valence-corrected chi connectivity index (χ1v) is 12.3. The molecule has 0 radical (unpaired) electrons. The summed E-state index contributed by atoms with van der Waals surface area (Å²) in [6.07, 6.45) is 3.64. The molecule has 2 amide bonds. The lowest BCUT2D eigenvalue weighted by atomic mass is 9.96. The Kier molecular flexibility index (Phi) is 6.28. The second kappa shape index (κ2) is 9.52. The summed E-state index contributed by atoms with van der Waals surface area (Å²) in [6, 6.07) is 12.5. The molecule has 0 spiro atoms. The largest absolute Gasteiger partial charge is 0.450 e. The molecule has 1 N–H and O–H groups in total. The summed E-state index contributed by atoms with van der Waals surface area (Å²) in [5.41, 5.74) is 3.86. The Labute approximate surface area is 205 Å². The van der Waals surface area contributed by atoms with Crippen LogP contribution in [-0.4, -0.2) is 65.4 Å². The van der Waals surface area contributed by atoms with Gasteiger partial charge in [-0.3, -0.25) is 4.79 Å². The Morgan fingerprint density at radius 3 is 2.71 bits per heavy atom. The average Bonchev–Trinajstić information content (AvgIpc) is 3.68. The molecule has 3 aromatic rings. The number of aryl methyl sites for hydroxylation is 1. The highest BCUT2D eigenvalue weighted by Gasteiger charge is 2.29. The second-order valence-electron chi connectivity index (χ2n) is 9.43. The summed E-state index contributed by atoms with van der Waals surface area (Å²) >= 11 is 0. The van der Waals surface area contributed by atoms with Gasteiger partial charge < -0.3 is 19.9 Å². The molecule has 1 saturated carbocycles. The molecule has 1 saturated heterocycles. The van der Waals surface area contributed by atoms with Crippen LogP contribution in [0.1, 0.15) is 42.6 Å². The lowest BCUT2D eigenvalue weighted by Crippen LogP contribution is -2.54. The van der Waals surface area contributed by atoms with Crippen LogP contribution in [-0.2, 0) is 4.74 Å². The van der Waals surface area contributed by atoms with Gasteiger partial charge >= 0.3 is 6.09 Å². The zero-order chi connectivity index (χ0) is 24.5. The van der Waals surface area contributed by atoms with Gasteiger partial charge in [-0.05, 0) is 74.6 Å². The van der Waals surface area contributed by atoms with Crippen LogP contribution in [0.3, 0.4) is 0 Å². The Morgan fingerprint density at radius 2 is 1.97 bits per heavy atom. The second-order valence-corrected chi connectivity index (χ2v) is 9.43. The summed E-state index contributed by atoms with van der Waals surface area (Å²) in [6.45, 7) is 8.14. The summed E-state index contributed by atoms with van der Waals surface area (Å²) < 4.78 is 5.17. The minimum atomic E-state index is -0.268. The average molecular weight is 474 g/mol. The SMILES string of the molecule is CCOC(=O)N1CCN(c2nncc3cc(-c4cc(C(=O)NC5CC5)ccc4C)ccc23)[C@@H](C)C1. The van der Waals surface area contributed by atoms with Gasteiger partial charge in [-0.15, -0.1) is 5.10 Å². The molecule has 1 atom stereocenters. The number of nitrogens with zero attached hydrogens (tertiary/aromatic N) is 4. The molecular weight excluding hydrogens is 442 g/mol. The molecule has 0 bridgehead atoms. The molecule has 8 heteroatoms. The summed E-state index contributed by atoms with van der Waals surface area (Å²) in [5.74, 6) is 0.804. The number of aromatic nitrogens is 2. The predicted octanol–water partition coefficient (Wildman–Crippen LogP) is 4.16. The molecule has 2 aliphatic rings. The number of piperazine rings is 1. The van der Waals surface area contributed by atoms with Crippen molar-refractivity contribution >= 4 is 28.6 Å². The van der Waals surface area contributed by atoms with Gasteiger partial charge in [0.25, 0.3) is 5.91 Å². The van der Waals surface area contributed by atoms with Gasteiger partial charge in [0.2, 0.25) is 0 Å². The molecule has 8 nitrogen and oxygen atoms in total. The van der Waals surface area contributed by atoms with Gasteiger partial charge in [-0.2, -0.15) is 5.10 Å². The molecule has 2 fully saturated rings. The normalized spacial score (nSPS) is 18.0. The lowest BCUT2D eigenvalue weighted by Gasteiger charge is -2.40. The first-order chi connectivity index (χ1) is 16.9. The number of rotatable bonds is 5. The van der Waals surface area contributed by atoms with Crippen LogP contribution < -0.4 is 10.2 Å². The fraction of sp³-hybridized carbons (Fsp3) is 0.407. The minimum Gasteiger partial charge on any atom is -0.450 e. The van der Waals surface area contributed by atoms with Crippen LogP contribution in [0.2, 0.25) is 0 Å². The van der Waals surface area contributed by atoms with Gasteiger partial charge in [-0.1, -0.05) is 12.1 Å². The van der Waals surface area contributed by atoms with Crippen LogP contribution >= 0.6 is 0 Å². The molecular formula is C27H31N5O3. The highest BCUT2D eigenvalue weighted by molar-refractivity contribution is 5.98. The van der Waals surface area contributed by atoms with Gasteiger partial charge in [0.1, 0.15) is 0 Å². The van der Waals surface area contributed by atoms with Crippen molar-refractivity contribution in [3.05, 3.63) is 53.7 Å². The number of nitrogens with one attached hydrogen (secondary N) is 1. The zero-order valence-electron chi connectivity index (χ0n) is 20.5. The van der Waals surface area contributed by atoms with Gasteiger partial charge in [0.15, 0.2) is 5.82 Å². The maximum absolute atomic E-state index is 12.6. The van der Waals surface area contributed by atoms with Gasteiger partial charge in [-0.25, -0.2) is 4.79 Å². The van der Waals surface area contributed by atoms with Crippen molar-refractivity contribution in [1.29, 1.82) is 0 Å². The predicted molar refractivity (Wildman–Crippen MR) is 136 cm³/mol. The summed E-state index contributed by atoms with van der Waals surface area (Å²) in [4.78, 5) is 28.7. The first-order valence-electron chi connectivity index (χ1n) is 12.3. The Bertz CT molecular complexity index is 1270. The molecule has 2 heterocycles. The van der Waals surface area contributed by atoms with E-state index in [0.717, 1.165) is 46.1 Å². The topological polar surface area (TPSA) is 87.7 Å². The van der Waals surface area contributed by atoms with E-state index in [1.54, 1.807) is 11.1 Å². The molecule has 0 unspecified atom stereocenters. The fourth-order valence-electron chi connectivity index (χ4n) is 4.68. The maximum Gasteiger partial charge on any atom is 0.409 e. The smallest absolute Gasteiger partial charge is 0.409 e. The van der Waals surface area contributed by atoms with Crippen molar-refractivity contribution < 1.29 is 14.3 Å². The van der Waals surface area contributed by atoms with Crippen LogP contribution in [0.25, 0.3) is 21.9 Å². The number of amides is 2. The maximum atomic E-state index is 12.6. The highest BCUT2D eigenvalue weighted by atomic mass is 16.6. The van der Waals surface area contributed by atoms with E-state index in [-0.39, 0.29) is 18.0 Å². The third-order valence-electron chi connectivity index (χ3n) is 6.79. The van der Waals surface area contributed by atoms with E-state index >= 15 is 0 Å². The molecule has 1 aliphatic carbocycles. The molecule has 1 aromatic heterocycles. The van der Waals surface area contributed by atoms with E-state index < -0.39 is 0 Å². The van der Waals surface area contributed by atoms with Crippen molar-refractivity contribution in [2.75, 3.05) is 31.1 Å². The van der Waals surface area contributed by atoms with E-state index in [1.807, 2.05) is 25.1 Å². The Balaban J connectivity index is 1.42. The first kappa shape index (κ1) is 23.1. The number of ether oxygens (including phenoxy) is 1. The highest BCUT2D eigenvalue weighted by Crippen LogP contribution is 2.32. The van der Waals surface area contributed by atoms with Crippen LogP contribution in [0, 0.1) is 6.92 Å². The van der Waals surface area contributed by atoms with E-state index in [4.69, 9.17) is 4.74 Å². The van der Waals surface area contributed by atoms with Crippen LogP contribution in [0.5, 0.6) is 0 Å². The van der Waals surface area contributed by atoms with E-state index in [9.17, 15) is 9.59 Å². The Morgan fingerprint density at radius 1 is 1.14 bits per heavy atom. The summed E-state index contributed by atoms with van der Waals surface area (Å²) in [5, 5.41) is 13.8. The lowest BCUT2D eigenvalue weighted by molar-refractivity contribution is 0.0950. The van der Waals surface area contributed by atoms with E-state index in [1.165, 1.54) is 0 Å². The number of carbonyl (C=O) groups excluding carboxylic acids is 2. The standard InChI is InChI=1S/C27H31N5O3/c1-4-35-27(34)31-11-12-32(18(3)16-31)25-23-10-7-19(13-21(23)15-28-30-25)24-14-20(6-5-17(24)2)26(33)29-22-8-9-22/h5-7,10,13-15,18,22H,4,8-9,11-12,16H2,1-3H3,(H,29,33)/t18-/m0/s1. The van der Waals surface area contributed by atoms with Crippen molar-refractivity contribution in [3.8, 4) is 11.1 Å². The number of carbonyl (C=O) groups is 2. The number of hydrogen-bond acceptors (Lipinski definition) is 6. The Hall–Kier alpha value is -3.68. The molecule has 5 rings (SSSR count). The fourth-order valence-corrected chi connectivity index (χ4v) is 4.68. The van der Waals surface area contributed by atoms with E-state index in [0.29, 0.717) is 37.8 Å². The van der Waals surface area contributed by atoms with Gasteiger partial charge in [0.05, 0.1) is 12.8 Å². The van der Waals surface area contributed by atoms with Crippen molar-refractivity contribution in [3.63, 3.8) is 0 Å². The molecule has 35 heavy (non-hydrogen) atoms. The third kappa shape index (κ3) is 4.78. The van der Waals surface area contributed by atoms with E-state index in [2.05, 4.69) is 52.5 Å². The van der Waals surface area contributed by atoms with Crippen molar-refractivity contribution in [1.82, 2.24) is 20.4 Å². The quantitative estimate of drug-likeness (QED) is 0.599. The summed E-state index contributed by atoms with van der Waals surface area (Å²) in [7, 11) is 0. The number of fused-ring (bicyclic) bond motifs is 1. The third-order valence-corrected chi connectivity index (χ3v) is 6.79. The number of anilines is 1. The van der Waals surface area contributed by atoms with Crippen LogP contribution in [0.4, 0.5) is 10.6 Å². The van der Waals surface area contributed by atoms with Gasteiger partial charge in [0, 0.05) is 48.1 Å². The molecule has 182 valence electrons. The van der Waals surface area contributed by atoms with Crippen molar-refractivity contribution in [2.45, 2.75) is 45.7 Å². The number of hydrogen-bond donors (Lipinski definition) is 1. The number of benzene rings is 2. The van der Waals surface area contributed by atoms with Crippen molar-refractivity contribution in [2.24, 2.45) is 0 Å². The minimum absolute atomic E-state index is 0.0151. The monoisotopic (exact) mass is 473 g/mol. The molecule has 1 aliphatic heterocycles.